The first-order chi connectivity index (χ1) is 23.4. The van der Waals surface area contributed by atoms with Gasteiger partial charge in [0.15, 0.2) is 0 Å². The number of carbonyl (C=O) groups is 4. The van der Waals surface area contributed by atoms with E-state index < -0.39 is 42.8 Å². The van der Waals surface area contributed by atoms with Gasteiger partial charge in [0, 0.05) is 18.9 Å². The quantitative estimate of drug-likeness (QED) is 0.159. The van der Waals surface area contributed by atoms with Crippen LogP contribution in [0.4, 0.5) is 0 Å². The fourth-order valence-corrected chi connectivity index (χ4v) is 7.70. The Morgan fingerprint density at radius 1 is 0.939 bits per heavy atom. The molecule has 0 saturated heterocycles. The molecule has 3 aromatic rings. The van der Waals surface area contributed by atoms with Crippen molar-refractivity contribution in [3.63, 3.8) is 0 Å². The fourth-order valence-electron chi connectivity index (χ4n) is 7.02. The molecule has 4 amide bonds. The summed E-state index contributed by atoms with van der Waals surface area (Å²) in [6.07, 6.45) is 7.50. The number of amides is 4. The van der Waals surface area contributed by atoms with Crippen LogP contribution in [0.5, 0.6) is 0 Å². The van der Waals surface area contributed by atoms with Crippen molar-refractivity contribution in [1.29, 1.82) is 0 Å². The molecular weight excluding hydrogens is 643 g/mol. The molecule has 1 aliphatic heterocycles. The molecule has 5 rings (SSSR count). The van der Waals surface area contributed by atoms with Gasteiger partial charge in [-0.05, 0) is 59.1 Å². The molecule has 1 fully saturated rings. The molecule has 12 heteroatoms. The van der Waals surface area contributed by atoms with E-state index in [4.69, 9.17) is 5.73 Å². The molecule has 1 aliphatic carbocycles. The second-order valence-corrected chi connectivity index (χ2v) is 15.0. The van der Waals surface area contributed by atoms with Gasteiger partial charge in [-0.3, -0.25) is 23.7 Å². The summed E-state index contributed by atoms with van der Waals surface area (Å²) < 4.78 is 11.6. The van der Waals surface area contributed by atoms with Crippen LogP contribution in [0.3, 0.4) is 0 Å². The highest BCUT2D eigenvalue weighted by atomic mass is 31.2. The molecule has 0 bridgehead atoms. The second-order valence-electron chi connectivity index (χ2n) is 13.4. The summed E-state index contributed by atoms with van der Waals surface area (Å²) in [7, 11) is -4.25. The van der Waals surface area contributed by atoms with Crippen molar-refractivity contribution in [2.24, 2.45) is 11.7 Å². The molecule has 2 aliphatic rings. The van der Waals surface area contributed by atoms with Crippen molar-refractivity contribution in [1.82, 2.24) is 16.0 Å². The predicted molar refractivity (Wildman–Crippen MR) is 187 cm³/mol. The molecule has 3 atom stereocenters. The molecule has 3 aromatic carbocycles. The summed E-state index contributed by atoms with van der Waals surface area (Å²) in [6, 6.07) is 19.9. The maximum Gasteiger partial charge on any atom is 0.329 e. The van der Waals surface area contributed by atoms with Crippen LogP contribution in [0, 0.1) is 5.92 Å². The highest BCUT2D eigenvalue weighted by molar-refractivity contribution is 7.50. The minimum Gasteiger partial charge on any atom is -0.370 e. The van der Waals surface area contributed by atoms with Gasteiger partial charge in [-0.2, -0.15) is 0 Å². The van der Waals surface area contributed by atoms with Crippen molar-refractivity contribution >= 4 is 42.0 Å². The van der Waals surface area contributed by atoms with Crippen LogP contribution in [-0.4, -0.2) is 51.5 Å². The normalized spacial score (nSPS) is 23.1. The van der Waals surface area contributed by atoms with Crippen molar-refractivity contribution in [3.05, 3.63) is 95.6 Å². The lowest BCUT2D eigenvalue weighted by atomic mass is 9.80. The van der Waals surface area contributed by atoms with Crippen molar-refractivity contribution < 1.29 is 33.5 Å². The first-order valence-electron chi connectivity index (χ1n) is 16.9. The molecule has 49 heavy (non-hydrogen) atoms. The minimum absolute atomic E-state index is 0.0270. The van der Waals surface area contributed by atoms with Crippen LogP contribution in [0.25, 0.3) is 10.8 Å². The Kier molecular flexibility index (Phi) is 11.7. The zero-order valence-corrected chi connectivity index (χ0v) is 28.4. The van der Waals surface area contributed by atoms with Crippen LogP contribution >= 0.6 is 7.60 Å². The number of nitrogens with two attached hydrogens (primary N) is 1. The Labute approximate surface area is 286 Å². The molecule has 7 N–H and O–H groups in total. The lowest BCUT2D eigenvalue weighted by Gasteiger charge is -2.38. The standard InChI is InChI=1S/C37H45N4O7P/c38-33(42)22-32-35(44)39-23-26(20-30-12-7-10-28-9-2-3-13-31(28)30)8-6-11-29(27-16-14-25(15-17-27)24-49(46,47)48)21-34(43)41-37(36(45)40-32)18-4-1-5-19-37/h2-3,6-7,9-17,26,29,32H,1,4-5,8,18-24H2,(H2,38,42)(H,39,44)(H,40,45)(H,41,43)(H2,46,47,48)/b11-6-/t26-,29+,32-/m0/s1. The van der Waals surface area contributed by atoms with Gasteiger partial charge >= 0.3 is 7.60 Å². The highest BCUT2D eigenvalue weighted by Gasteiger charge is 2.42. The summed E-state index contributed by atoms with van der Waals surface area (Å²) >= 11 is 0. The number of fused-ring (bicyclic) bond motifs is 1. The van der Waals surface area contributed by atoms with Gasteiger partial charge < -0.3 is 31.5 Å². The number of hydrogen-bond acceptors (Lipinski definition) is 5. The van der Waals surface area contributed by atoms with E-state index in [-0.39, 0.29) is 37.4 Å². The lowest BCUT2D eigenvalue weighted by molar-refractivity contribution is -0.138. The van der Waals surface area contributed by atoms with Crippen LogP contribution < -0.4 is 21.7 Å². The maximum absolute atomic E-state index is 13.9. The fraction of sp³-hybridized carbons (Fsp3) is 0.405. The number of nitrogens with one attached hydrogen (secondary N) is 3. The van der Waals surface area contributed by atoms with E-state index in [1.807, 2.05) is 42.5 Å². The molecule has 0 aromatic heterocycles. The molecule has 1 spiro atoms. The Balaban J connectivity index is 1.49. The van der Waals surface area contributed by atoms with Crippen LogP contribution in [0.2, 0.25) is 0 Å². The van der Waals surface area contributed by atoms with E-state index in [1.54, 1.807) is 24.3 Å². The van der Waals surface area contributed by atoms with Gasteiger partial charge in [0.25, 0.3) is 0 Å². The number of carbonyl (C=O) groups excluding carboxylic acids is 4. The van der Waals surface area contributed by atoms with E-state index in [9.17, 15) is 33.5 Å². The molecule has 0 radical (unpaired) electrons. The number of primary amides is 1. The Morgan fingerprint density at radius 2 is 1.65 bits per heavy atom. The largest absolute Gasteiger partial charge is 0.370 e. The summed E-state index contributed by atoms with van der Waals surface area (Å²) in [6.45, 7) is 0.265. The van der Waals surface area contributed by atoms with Gasteiger partial charge in [0.05, 0.1) is 12.6 Å². The summed E-state index contributed by atoms with van der Waals surface area (Å²) in [5.41, 5.74) is 6.64. The molecule has 1 heterocycles. The van der Waals surface area contributed by atoms with E-state index in [0.717, 1.165) is 28.3 Å². The monoisotopic (exact) mass is 688 g/mol. The third-order valence-corrected chi connectivity index (χ3v) is 10.3. The predicted octanol–water partition coefficient (Wildman–Crippen LogP) is 4.11. The zero-order chi connectivity index (χ0) is 35.0. The SMILES string of the molecule is NC(=O)C[C@@H]1NC(=O)C2(CCCCC2)NC(=O)C[C@H](c2ccc(CP(=O)(O)O)cc2)/C=C\C[C@@H](Cc2cccc3ccccc23)CNC1=O. The summed E-state index contributed by atoms with van der Waals surface area (Å²) in [5, 5.41) is 10.9. The second kappa shape index (κ2) is 15.9. The number of allylic oxidation sites excluding steroid dienone is 2. The maximum atomic E-state index is 13.9. The smallest absolute Gasteiger partial charge is 0.329 e. The number of hydrogen-bond donors (Lipinski definition) is 6. The van der Waals surface area contributed by atoms with E-state index in [2.05, 4.69) is 28.1 Å². The third kappa shape index (κ3) is 9.88. The van der Waals surface area contributed by atoms with Crippen LogP contribution in [0.1, 0.15) is 74.0 Å². The van der Waals surface area contributed by atoms with Crippen LogP contribution in [-0.2, 0) is 36.3 Å². The average molecular weight is 689 g/mol. The van der Waals surface area contributed by atoms with Crippen molar-refractivity contribution in [2.75, 3.05) is 6.54 Å². The van der Waals surface area contributed by atoms with Gasteiger partial charge in [0.2, 0.25) is 23.6 Å². The van der Waals surface area contributed by atoms with Crippen molar-refractivity contribution in [2.45, 2.75) is 81.4 Å². The first kappa shape index (κ1) is 36.0. The third-order valence-electron chi connectivity index (χ3n) is 9.54. The van der Waals surface area contributed by atoms with Crippen molar-refractivity contribution in [3.8, 4) is 0 Å². The topological polar surface area (TPSA) is 188 Å². The summed E-state index contributed by atoms with van der Waals surface area (Å²) in [4.78, 5) is 72.1. The van der Waals surface area contributed by atoms with E-state index in [0.29, 0.717) is 44.1 Å². The first-order valence-corrected chi connectivity index (χ1v) is 18.7. The molecular formula is C37H45N4O7P. The highest BCUT2D eigenvalue weighted by Crippen LogP contribution is 2.39. The van der Waals surface area contributed by atoms with Gasteiger partial charge in [-0.25, -0.2) is 0 Å². The number of benzene rings is 3. The molecule has 1 saturated carbocycles. The Morgan fingerprint density at radius 3 is 2.37 bits per heavy atom. The minimum atomic E-state index is -4.25. The molecule has 260 valence electrons. The Hall–Kier alpha value is -4.31. The molecule has 0 unspecified atom stereocenters. The zero-order valence-electron chi connectivity index (χ0n) is 27.5. The van der Waals surface area contributed by atoms with Gasteiger partial charge in [-0.15, -0.1) is 0 Å². The Bertz CT molecular complexity index is 1740. The summed E-state index contributed by atoms with van der Waals surface area (Å²) in [5.74, 6) is -2.58. The van der Waals surface area contributed by atoms with E-state index in [1.165, 1.54) is 0 Å². The van der Waals surface area contributed by atoms with E-state index >= 15 is 0 Å². The molecule has 11 nitrogen and oxygen atoms in total. The number of rotatable bonds is 7. The van der Waals surface area contributed by atoms with Gasteiger partial charge in [-0.1, -0.05) is 98.1 Å². The van der Waals surface area contributed by atoms with Crippen LogP contribution in [0.15, 0.2) is 78.9 Å². The average Bonchev–Trinajstić information content (AvgIpc) is 3.06. The lowest BCUT2D eigenvalue weighted by Crippen LogP contribution is -2.63. The van der Waals surface area contributed by atoms with Gasteiger partial charge in [0.1, 0.15) is 11.6 Å².